The van der Waals surface area contributed by atoms with Crippen molar-refractivity contribution in [3.8, 4) is 17.2 Å². The van der Waals surface area contributed by atoms with Gasteiger partial charge < -0.3 is 24.7 Å². The van der Waals surface area contributed by atoms with Crippen molar-refractivity contribution >= 4 is 23.9 Å². The smallest absolute Gasteiger partial charge is 0.387 e. The molecule has 3 rings (SSSR count). The van der Waals surface area contributed by atoms with Crippen LogP contribution in [-0.4, -0.2) is 38.1 Å². The minimum Gasteiger partial charge on any atom is -0.493 e. The number of rotatable bonds is 8. The van der Waals surface area contributed by atoms with E-state index in [9.17, 15) is 18.4 Å². The Balaban J connectivity index is 1.80. The summed E-state index contributed by atoms with van der Waals surface area (Å²) in [6.07, 6.45) is 1.48. The summed E-state index contributed by atoms with van der Waals surface area (Å²) < 4.78 is 44.3. The van der Waals surface area contributed by atoms with Crippen molar-refractivity contribution in [2.45, 2.75) is 6.61 Å². The van der Waals surface area contributed by atoms with E-state index in [1.54, 1.807) is 18.2 Å². The van der Waals surface area contributed by atoms with Gasteiger partial charge in [0.1, 0.15) is 5.75 Å². The van der Waals surface area contributed by atoms with E-state index in [0.717, 1.165) is 0 Å². The minimum atomic E-state index is -2.93. The molecule has 0 spiro atoms. The van der Waals surface area contributed by atoms with Crippen LogP contribution in [0.5, 0.6) is 17.2 Å². The Hall–Kier alpha value is -3.95. The average molecular weight is 418 g/mol. The van der Waals surface area contributed by atoms with Crippen molar-refractivity contribution in [1.82, 2.24) is 0 Å². The van der Waals surface area contributed by atoms with Crippen LogP contribution in [0, 0.1) is 0 Å². The summed E-state index contributed by atoms with van der Waals surface area (Å²) in [6.45, 7) is -3.24. The van der Waals surface area contributed by atoms with Crippen molar-refractivity contribution in [1.29, 1.82) is 0 Å². The number of amides is 1. The van der Waals surface area contributed by atoms with Gasteiger partial charge >= 0.3 is 12.6 Å². The molecular weight excluding hydrogens is 402 g/mol. The highest BCUT2D eigenvalue weighted by Crippen LogP contribution is 2.30. The number of ether oxygens (including phenoxy) is 4. The number of alkyl halides is 2. The largest absolute Gasteiger partial charge is 0.493 e. The first kappa shape index (κ1) is 20.8. The molecule has 10 heteroatoms. The number of hydrogen-bond donors (Lipinski definition) is 1. The summed E-state index contributed by atoms with van der Waals surface area (Å²) in [7, 11) is 1.42. The van der Waals surface area contributed by atoms with Crippen molar-refractivity contribution in [2.75, 3.05) is 13.7 Å². The number of esters is 1. The topological polar surface area (TPSA) is 109 Å². The zero-order chi connectivity index (χ0) is 21.7. The molecule has 0 aliphatic carbocycles. The summed E-state index contributed by atoms with van der Waals surface area (Å²) in [6, 6.07) is 10.3. The van der Waals surface area contributed by atoms with E-state index < -0.39 is 18.5 Å². The molecule has 1 heterocycles. The third-order valence-corrected chi connectivity index (χ3v) is 3.81. The van der Waals surface area contributed by atoms with Gasteiger partial charge in [0.2, 0.25) is 5.90 Å². The third kappa shape index (κ3) is 5.10. The Kier molecular flexibility index (Phi) is 6.26. The van der Waals surface area contributed by atoms with Gasteiger partial charge in [-0.1, -0.05) is 6.07 Å². The third-order valence-electron chi connectivity index (χ3n) is 3.81. The number of carbonyl (C=O) groups excluding carboxylic acids is 2. The van der Waals surface area contributed by atoms with Gasteiger partial charge in [-0.2, -0.15) is 8.78 Å². The number of hydrogen-bond acceptors (Lipinski definition) is 7. The van der Waals surface area contributed by atoms with Gasteiger partial charge in [-0.15, -0.1) is 0 Å². The van der Waals surface area contributed by atoms with E-state index in [4.69, 9.17) is 19.9 Å². The molecule has 0 saturated carbocycles. The molecule has 0 unspecified atom stereocenters. The Morgan fingerprint density at radius 1 is 1.20 bits per heavy atom. The highest BCUT2D eigenvalue weighted by atomic mass is 19.3. The van der Waals surface area contributed by atoms with E-state index >= 15 is 0 Å². The lowest BCUT2D eigenvalue weighted by atomic mass is 10.1. The molecule has 0 fully saturated rings. The van der Waals surface area contributed by atoms with Crippen LogP contribution in [0.3, 0.4) is 0 Å². The minimum absolute atomic E-state index is 0.0276. The van der Waals surface area contributed by atoms with Gasteiger partial charge in [0, 0.05) is 5.56 Å². The number of carbonyl (C=O) groups is 2. The van der Waals surface area contributed by atoms with Gasteiger partial charge in [-0.3, -0.25) is 4.79 Å². The first-order valence-electron chi connectivity index (χ1n) is 8.52. The molecule has 1 amide bonds. The summed E-state index contributed by atoms with van der Waals surface area (Å²) in [5, 5.41) is 0. The second kappa shape index (κ2) is 9.03. The number of cyclic esters (lactones) is 1. The van der Waals surface area contributed by atoms with E-state index in [1.165, 1.54) is 37.5 Å². The number of benzene rings is 2. The lowest BCUT2D eigenvalue weighted by Crippen LogP contribution is -2.20. The summed E-state index contributed by atoms with van der Waals surface area (Å²) in [5.74, 6) is -0.666. The van der Waals surface area contributed by atoms with E-state index in [2.05, 4.69) is 9.73 Å². The fourth-order valence-electron chi connectivity index (χ4n) is 2.51. The number of primary amides is 1. The van der Waals surface area contributed by atoms with Crippen LogP contribution in [-0.2, 0) is 14.3 Å². The van der Waals surface area contributed by atoms with Crippen molar-refractivity contribution in [3.05, 3.63) is 59.3 Å². The average Bonchev–Trinajstić information content (AvgIpc) is 3.07. The van der Waals surface area contributed by atoms with E-state index in [0.29, 0.717) is 22.6 Å². The Morgan fingerprint density at radius 3 is 2.57 bits per heavy atom. The van der Waals surface area contributed by atoms with Crippen LogP contribution in [0.25, 0.3) is 6.08 Å². The SMILES string of the molecule is COc1cc(C=C2N=C(c3ccc(OC(F)F)cc3)OC2=O)ccc1OCC(N)=O. The summed E-state index contributed by atoms with van der Waals surface area (Å²) in [4.78, 5) is 27.1. The van der Waals surface area contributed by atoms with Crippen LogP contribution in [0.15, 0.2) is 53.2 Å². The molecule has 1 aliphatic rings. The van der Waals surface area contributed by atoms with Gasteiger partial charge in [-0.05, 0) is 48.0 Å². The molecule has 30 heavy (non-hydrogen) atoms. The molecule has 2 N–H and O–H groups in total. The van der Waals surface area contributed by atoms with Crippen LogP contribution in [0.1, 0.15) is 11.1 Å². The van der Waals surface area contributed by atoms with Crippen LogP contribution in [0.2, 0.25) is 0 Å². The predicted molar refractivity (Wildman–Crippen MR) is 101 cm³/mol. The van der Waals surface area contributed by atoms with Crippen LogP contribution < -0.4 is 19.9 Å². The van der Waals surface area contributed by atoms with Gasteiger partial charge in [0.05, 0.1) is 7.11 Å². The normalized spacial score (nSPS) is 14.5. The molecule has 2 aromatic carbocycles. The number of nitrogens with two attached hydrogens (primary N) is 1. The van der Waals surface area contributed by atoms with Crippen molar-refractivity contribution in [3.63, 3.8) is 0 Å². The molecule has 0 radical (unpaired) electrons. The number of halogens is 2. The molecular formula is C20H16F2N2O6. The molecule has 0 aromatic heterocycles. The standard InChI is InChI=1S/C20H16F2N2O6/c1-27-16-9-11(2-7-15(16)28-10-17(23)25)8-14-19(26)30-18(24-14)12-3-5-13(6-4-12)29-20(21)22/h2-9,20H,10H2,1H3,(H2,23,25). The first-order valence-corrected chi connectivity index (χ1v) is 8.52. The number of methoxy groups -OCH3 is 1. The summed E-state index contributed by atoms with van der Waals surface area (Å²) >= 11 is 0. The second-order valence-corrected chi connectivity index (χ2v) is 5.90. The summed E-state index contributed by atoms with van der Waals surface area (Å²) in [5.41, 5.74) is 6.07. The van der Waals surface area contributed by atoms with Crippen molar-refractivity contribution < 1.29 is 37.3 Å². The van der Waals surface area contributed by atoms with Gasteiger partial charge in [0.25, 0.3) is 5.91 Å². The second-order valence-electron chi connectivity index (χ2n) is 5.90. The molecule has 0 atom stereocenters. The lowest BCUT2D eigenvalue weighted by molar-refractivity contribution is -0.130. The number of nitrogens with zero attached hydrogens (tertiary/aromatic N) is 1. The van der Waals surface area contributed by atoms with E-state index in [1.807, 2.05) is 0 Å². The van der Waals surface area contributed by atoms with Gasteiger partial charge in [-0.25, -0.2) is 9.79 Å². The maximum Gasteiger partial charge on any atom is 0.387 e. The maximum atomic E-state index is 12.2. The predicted octanol–water partition coefficient (Wildman–Crippen LogP) is 2.51. The lowest BCUT2D eigenvalue weighted by Gasteiger charge is -2.09. The van der Waals surface area contributed by atoms with Gasteiger partial charge in [0.15, 0.2) is 23.8 Å². The van der Waals surface area contributed by atoms with E-state index in [-0.39, 0.29) is 24.0 Å². The van der Waals surface area contributed by atoms with Crippen molar-refractivity contribution in [2.24, 2.45) is 10.7 Å². The van der Waals surface area contributed by atoms with Crippen LogP contribution in [0.4, 0.5) is 8.78 Å². The fourth-order valence-corrected chi connectivity index (χ4v) is 2.51. The van der Waals surface area contributed by atoms with Crippen LogP contribution >= 0.6 is 0 Å². The Bertz CT molecular complexity index is 1020. The molecule has 1 aliphatic heterocycles. The fraction of sp³-hybridized carbons (Fsp3) is 0.150. The molecule has 0 saturated heterocycles. The highest BCUT2D eigenvalue weighted by molar-refractivity contribution is 6.12. The zero-order valence-electron chi connectivity index (χ0n) is 15.6. The molecule has 8 nitrogen and oxygen atoms in total. The Labute approximate surface area is 169 Å². The zero-order valence-corrected chi connectivity index (χ0v) is 15.6. The molecule has 156 valence electrons. The highest BCUT2D eigenvalue weighted by Gasteiger charge is 2.24. The Morgan fingerprint density at radius 2 is 1.93 bits per heavy atom. The quantitative estimate of drug-likeness (QED) is 0.521. The molecule has 0 bridgehead atoms. The number of aliphatic imine (C=N–C) groups is 1. The monoisotopic (exact) mass is 418 g/mol. The molecule has 2 aromatic rings. The maximum absolute atomic E-state index is 12.2. The first-order chi connectivity index (χ1) is 14.4.